The lowest BCUT2D eigenvalue weighted by molar-refractivity contribution is 0.136. The molecule has 0 fully saturated rings. The zero-order chi connectivity index (χ0) is 12.0. The molecule has 0 radical (unpaired) electrons. The molecule has 16 heavy (non-hydrogen) atoms. The maximum atomic E-state index is 10.00. The van der Waals surface area contributed by atoms with Crippen LogP contribution >= 0.6 is 0 Å². The summed E-state index contributed by atoms with van der Waals surface area (Å²) in [6.07, 6.45) is 1.17. The number of benzene rings is 1. The van der Waals surface area contributed by atoms with Gasteiger partial charge in [0, 0.05) is 13.7 Å². The lowest BCUT2D eigenvalue weighted by atomic mass is 10.00. The van der Waals surface area contributed by atoms with Crippen LogP contribution in [0.25, 0.3) is 0 Å². The third-order valence-electron chi connectivity index (χ3n) is 2.66. The fourth-order valence-corrected chi connectivity index (χ4v) is 1.73. The second-order valence-electron chi connectivity index (χ2n) is 3.87. The number of ether oxygens (including phenoxy) is 2. The average Bonchev–Trinajstić information content (AvgIpc) is 2.29. The smallest absolute Gasteiger partial charge is 0.119 e. The summed E-state index contributed by atoms with van der Waals surface area (Å²) in [5.74, 6) is 0.824. The fourth-order valence-electron chi connectivity index (χ4n) is 1.73. The predicted molar refractivity (Wildman–Crippen MR) is 63.8 cm³/mol. The first-order chi connectivity index (χ1) is 7.69. The van der Waals surface area contributed by atoms with Crippen LogP contribution in [0.5, 0.6) is 5.75 Å². The third kappa shape index (κ3) is 3.51. The van der Waals surface area contributed by atoms with E-state index in [2.05, 4.69) is 0 Å². The van der Waals surface area contributed by atoms with Gasteiger partial charge in [0.2, 0.25) is 0 Å². The van der Waals surface area contributed by atoms with Crippen molar-refractivity contribution < 1.29 is 14.6 Å². The maximum Gasteiger partial charge on any atom is 0.119 e. The monoisotopic (exact) mass is 224 g/mol. The molecule has 0 spiro atoms. The molecule has 1 rings (SSSR count). The van der Waals surface area contributed by atoms with Crippen LogP contribution in [-0.4, -0.2) is 25.9 Å². The van der Waals surface area contributed by atoms with Gasteiger partial charge in [-0.1, -0.05) is 6.07 Å². The van der Waals surface area contributed by atoms with Crippen molar-refractivity contribution >= 4 is 0 Å². The largest absolute Gasteiger partial charge is 0.497 e. The summed E-state index contributed by atoms with van der Waals surface area (Å²) in [7, 11) is 3.31. The molecule has 1 N–H and O–H groups in total. The molecule has 1 aromatic carbocycles. The van der Waals surface area contributed by atoms with Crippen molar-refractivity contribution in [3.63, 3.8) is 0 Å². The second kappa shape index (κ2) is 6.51. The van der Waals surface area contributed by atoms with Crippen LogP contribution in [0.2, 0.25) is 0 Å². The molecule has 3 nitrogen and oxygen atoms in total. The van der Waals surface area contributed by atoms with Gasteiger partial charge in [-0.05, 0) is 43.0 Å². The predicted octanol–water partition coefficient (Wildman–Crippen LogP) is 2.46. The Morgan fingerprint density at radius 3 is 2.62 bits per heavy atom. The van der Waals surface area contributed by atoms with E-state index < -0.39 is 6.10 Å². The highest BCUT2D eigenvalue weighted by Crippen LogP contribution is 2.25. The summed E-state index contributed by atoms with van der Waals surface area (Å²) < 4.78 is 10.1. The summed E-state index contributed by atoms with van der Waals surface area (Å²) in [6.45, 7) is 2.67. The number of hydrogen-bond acceptors (Lipinski definition) is 3. The van der Waals surface area contributed by atoms with Gasteiger partial charge in [-0.15, -0.1) is 0 Å². The highest BCUT2D eigenvalue weighted by molar-refractivity contribution is 5.35. The summed E-state index contributed by atoms with van der Waals surface area (Å²) in [6, 6.07) is 5.74. The molecule has 0 amide bonds. The normalized spacial score (nSPS) is 12.5. The van der Waals surface area contributed by atoms with E-state index in [0.717, 1.165) is 29.7 Å². The van der Waals surface area contributed by atoms with Crippen LogP contribution in [0.15, 0.2) is 18.2 Å². The summed E-state index contributed by atoms with van der Waals surface area (Å²) >= 11 is 0. The van der Waals surface area contributed by atoms with Crippen molar-refractivity contribution in [2.45, 2.75) is 25.9 Å². The lowest BCUT2D eigenvalue weighted by Gasteiger charge is -2.14. The van der Waals surface area contributed by atoms with Crippen LogP contribution in [0.1, 0.15) is 30.1 Å². The van der Waals surface area contributed by atoms with Gasteiger partial charge in [-0.2, -0.15) is 0 Å². The summed E-state index contributed by atoms with van der Waals surface area (Å²) in [4.78, 5) is 0. The van der Waals surface area contributed by atoms with Crippen molar-refractivity contribution in [3.8, 4) is 5.75 Å². The van der Waals surface area contributed by atoms with Crippen LogP contribution < -0.4 is 4.74 Å². The molecule has 0 bridgehead atoms. The molecule has 1 unspecified atom stereocenters. The molecule has 0 saturated heterocycles. The van der Waals surface area contributed by atoms with E-state index in [9.17, 15) is 5.11 Å². The van der Waals surface area contributed by atoms with Gasteiger partial charge in [-0.25, -0.2) is 0 Å². The molecule has 0 aliphatic rings. The van der Waals surface area contributed by atoms with Crippen molar-refractivity contribution in [2.75, 3.05) is 20.8 Å². The van der Waals surface area contributed by atoms with E-state index in [1.165, 1.54) is 0 Å². The molecule has 0 aliphatic carbocycles. The summed E-state index contributed by atoms with van der Waals surface area (Å²) in [5, 5.41) is 10.00. The Labute approximate surface area is 97.0 Å². The third-order valence-corrected chi connectivity index (χ3v) is 2.66. The molecule has 0 saturated carbocycles. The van der Waals surface area contributed by atoms with Crippen molar-refractivity contribution in [2.24, 2.45) is 0 Å². The first-order valence-corrected chi connectivity index (χ1v) is 5.50. The van der Waals surface area contributed by atoms with Crippen LogP contribution in [0, 0.1) is 6.92 Å². The van der Waals surface area contributed by atoms with Crippen LogP contribution in [-0.2, 0) is 4.74 Å². The maximum absolute atomic E-state index is 10.00. The molecule has 1 atom stereocenters. The van der Waals surface area contributed by atoms with E-state index >= 15 is 0 Å². The van der Waals surface area contributed by atoms with E-state index in [4.69, 9.17) is 9.47 Å². The number of aliphatic hydroxyl groups is 1. The Morgan fingerprint density at radius 2 is 2.06 bits per heavy atom. The number of methoxy groups -OCH3 is 2. The van der Waals surface area contributed by atoms with Crippen molar-refractivity contribution in [3.05, 3.63) is 29.3 Å². The average molecular weight is 224 g/mol. The molecular weight excluding hydrogens is 204 g/mol. The number of aryl methyl sites for hydroxylation is 1. The minimum absolute atomic E-state index is 0.416. The quantitative estimate of drug-likeness (QED) is 0.754. The van der Waals surface area contributed by atoms with Gasteiger partial charge in [-0.3, -0.25) is 0 Å². The van der Waals surface area contributed by atoms with Gasteiger partial charge in [0.05, 0.1) is 13.2 Å². The topological polar surface area (TPSA) is 38.7 Å². The van der Waals surface area contributed by atoms with Gasteiger partial charge in [0.15, 0.2) is 0 Å². The van der Waals surface area contributed by atoms with Crippen LogP contribution in [0.4, 0.5) is 0 Å². The first kappa shape index (κ1) is 13.0. The van der Waals surface area contributed by atoms with Gasteiger partial charge < -0.3 is 14.6 Å². The standard InChI is InChI=1S/C13H20O3/c1-10-9-11(16-3)6-7-12(10)13(14)5-4-8-15-2/h6-7,9,13-14H,4-5,8H2,1-3H3. The molecule has 90 valence electrons. The Bertz CT molecular complexity index is 323. The minimum atomic E-state index is -0.416. The molecular formula is C13H20O3. The number of rotatable bonds is 6. The summed E-state index contributed by atoms with van der Waals surface area (Å²) in [5.41, 5.74) is 2.03. The molecule has 0 aromatic heterocycles. The Kier molecular flexibility index (Phi) is 5.29. The SMILES string of the molecule is COCCCC(O)c1ccc(OC)cc1C. The zero-order valence-corrected chi connectivity index (χ0v) is 10.2. The van der Waals surface area contributed by atoms with Crippen LogP contribution in [0.3, 0.4) is 0 Å². The molecule has 0 aliphatic heterocycles. The van der Waals surface area contributed by atoms with Crippen molar-refractivity contribution in [1.29, 1.82) is 0 Å². The lowest BCUT2D eigenvalue weighted by Crippen LogP contribution is -2.02. The second-order valence-corrected chi connectivity index (χ2v) is 3.87. The Balaban J connectivity index is 2.64. The zero-order valence-electron chi connectivity index (χ0n) is 10.2. The van der Waals surface area contributed by atoms with Gasteiger partial charge in [0.1, 0.15) is 5.75 Å². The van der Waals surface area contributed by atoms with E-state index in [1.54, 1.807) is 14.2 Å². The molecule has 0 heterocycles. The number of hydrogen-bond donors (Lipinski definition) is 1. The van der Waals surface area contributed by atoms with E-state index in [1.807, 2.05) is 25.1 Å². The first-order valence-electron chi connectivity index (χ1n) is 5.50. The van der Waals surface area contributed by atoms with Gasteiger partial charge >= 0.3 is 0 Å². The van der Waals surface area contributed by atoms with Gasteiger partial charge in [0.25, 0.3) is 0 Å². The van der Waals surface area contributed by atoms with E-state index in [-0.39, 0.29) is 0 Å². The Hall–Kier alpha value is -1.06. The number of aliphatic hydroxyl groups excluding tert-OH is 1. The Morgan fingerprint density at radius 1 is 1.31 bits per heavy atom. The molecule has 1 aromatic rings. The highest BCUT2D eigenvalue weighted by Gasteiger charge is 2.10. The van der Waals surface area contributed by atoms with E-state index in [0.29, 0.717) is 6.61 Å². The fraction of sp³-hybridized carbons (Fsp3) is 0.538. The highest BCUT2D eigenvalue weighted by atomic mass is 16.5. The minimum Gasteiger partial charge on any atom is -0.497 e. The van der Waals surface area contributed by atoms with Crippen molar-refractivity contribution in [1.82, 2.24) is 0 Å². The molecule has 3 heteroatoms.